The highest BCUT2D eigenvalue weighted by atomic mass is 16.3. The van der Waals surface area contributed by atoms with E-state index in [0.29, 0.717) is 45.7 Å². The number of phenolic OH excluding ortho intramolecular Hbond substituents is 6. The number of para-hydroxylation sites is 3. The summed E-state index contributed by atoms with van der Waals surface area (Å²) in [7, 11) is 1.84. The van der Waals surface area contributed by atoms with Crippen molar-refractivity contribution in [3.05, 3.63) is 186 Å². The monoisotopic (exact) mass is 969 g/mol. The first-order valence-electron chi connectivity index (χ1n) is 21.4. The minimum absolute atomic E-state index is 0. The van der Waals surface area contributed by atoms with Crippen molar-refractivity contribution < 1.29 is 30.6 Å². The Bertz CT molecular complexity index is 2740. The third-order valence-electron chi connectivity index (χ3n) is 9.26. The molecule has 18 nitrogen and oxygen atoms in total. The van der Waals surface area contributed by atoms with E-state index in [1.165, 1.54) is 0 Å². The number of nitrogen functional groups attached to an aromatic ring is 7. The lowest BCUT2D eigenvalue weighted by molar-refractivity contribution is 0.473. The Morgan fingerprint density at radius 3 is 1.51 bits per heavy atom. The summed E-state index contributed by atoms with van der Waals surface area (Å²) in [5.74, 6) is 1.89. The Balaban J connectivity index is 0.000000419. The van der Waals surface area contributed by atoms with Crippen LogP contribution in [0.2, 0.25) is 0 Å². The van der Waals surface area contributed by atoms with E-state index < -0.39 is 0 Å². The van der Waals surface area contributed by atoms with Crippen LogP contribution in [0.25, 0.3) is 0 Å². The Kier molecular flexibility index (Phi) is 26.3. The zero-order chi connectivity index (χ0) is 52.2. The molecule has 0 unspecified atom stereocenters. The standard InChI is InChI=1S/C11H11N5.C8H11NO.4C7H9NO.C6H7NO.H3N/c12-10-7-6-9(11(13)14-10)16-15-8-4-2-1-3-5-8;1-2-6-3-4-7(9)8(10)5-6;1-8-6-2-4-7(9)5-3-6;1-5-4-6(9)2-3-7(5)8;1-5-2-3-6(8)7(9)4-5;1-5-3-2-4-6(8)7(5)9;7-5-3-1-2-4-6(5)8;/h1-7H,(H4,12,13,14);3-5,10H,2,9H2,1H3;2-5,8-9H,1H3;3*2-4,9H,8H2,1H3;1-4,8H,7H2;1H3/b16-15+;;;;;;;. The molecule has 18 heteroatoms. The molecule has 0 saturated carbocycles. The summed E-state index contributed by atoms with van der Waals surface area (Å²) in [6.07, 6.45) is 0.924. The summed E-state index contributed by atoms with van der Waals surface area (Å²) in [6.45, 7) is 7.60. The SMILES string of the molecule is CCc1ccc(N)c(O)c1.CNc1ccc(O)cc1.Cc1cc(O)ccc1N.Cc1ccc(N)c(O)c1.Cc1cccc(N)c1O.N.Nc1ccc(/N=N/c2ccccc2)c(N)n1.Nc1ccccc1O. The van der Waals surface area contributed by atoms with Gasteiger partial charge in [-0.25, -0.2) is 4.98 Å². The predicted molar refractivity (Wildman–Crippen MR) is 293 cm³/mol. The Hall–Kier alpha value is -9.55. The molecular weight excluding hydrogens is 901 g/mol. The van der Waals surface area contributed by atoms with Gasteiger partial charge in [0.1, 0.15) is 46.0 Å². The van der Waals surface area contributed by atoms with Gasteiger partial charge >= 0.3 is 0 Å². The molecule has 8 rings (SSSR count). The molecule has 0 aliphatic carbocycles. The van der Waals surface area contributed by atoms with Crippen LogP contribution < -0.4 is 51.6 Å². The van der Waals surface area contributed by atoms with E-state index in [1.807, 2.05) is 101 Å². The van der Waals surface area contributed by atoms with Crippen molar-refractivity contribution in [3.63, 3.8) is 0 Å². The topological polar surface area (TPSA) is 388 Å². The molecule has 376 valence electrons. The van der Waals surface area contributed by atoms with Gasteiger partial charge in [0.15, 0.2) is 5.82 Å². The number of aryl methyl sites for hydroxylation is 4. The second-order valence-electron chi connectivity index (χ2n) is 14.9. The normalized spacial score (nSPS) is 9.54. The number of azo groups is 1. The number of pyridine rings is 1. The maximum Gasteiger partial charge on any atom is 0.153 e. The fraction of sp³-hybridized carbons (Fsp3) is 0.113. The van der Waals surface area contributed by atoms with Gasteiger partial charge < -0.3 is 82.2 Å². The number of aromatic nitrogens is 1. The summed E-state index contributed by atoms with van der Waals surface area (Å²) in [6, 6.07) is 47.0. The zero-order valence-corrected chi connectivity index (χ0v) is 40.6. The van der Waals surface area contributed by atoms with Crippen LogP contribution in [0.5, 0.6) is 34.5 Å². The van der Waals surface area contributed by atoms with E-state index in [1.54, 1.807) is 97.1 Å². The first kappa shape index (κ1) is 59.5. The van der Waals surface area contributed by atoms with Crippen LogP contribution in [0, 0.1) is 20.8 Å². The molecule has 8 aromatic rings. The van der Waals surface area contributed by atoms with Crippen LogP contribution in [0.3, 0.4) is 0 Å². The summed E-state index contributed by atoms with van der Waals surface area (Å²) >= 11 is 0. The van der Waals surface area contributed by atoms with E-state index in [2.05, 4.69) is 20.5 Å². The van der Waals surface area contributed by atoms with Crippen LogP contribution in [-0.2, 0) is 6.42 Å². The van der Waals surface area contributed by atoms with Crippen molar-refractivity contribution in [3.8, 4) is 34.5 Å². The van der Waals surface area contributed by atoms with Gasteiger partial charge in [-0.05, 0) is 159 Å². The quantitative estimate of drug-likeness (QED) is 0.0337. The van der Waals surface area contributed by atoms with Gasteiger partial charge in [-0.2, -0.15) is 5.11 Å². The third kappa shape index (κ3) is 23.2. The van der Waals surface area contributed by atoms with Gasteiger partial charge in [0.2, 0.25) is 0 Å². The van der Waals surface area contributed by atoms with Crippen LogP contribution in [0.1, 0.15) is 29.2 Å². The van der Waals surface area contributed by atoms with Gasteiger partial charge in [-0.3, -0.25) is 0 Å². The van der Waals surface area contributed by atoms with Crippen molar-refractivity contribution in [2.45, 2.75) is 34.1 Å². The van der Waals surface area contributed by atoms with Crippen molar-refractivity contribution >= 4 is 57.1 Å². The average Bonchev–Trinajstić information content (AvgIpc) is 3.34. The van der Waals surface area contributed by atoms with E-state index in [9.17, 15) is 0 Å². The second-order valence-corrected chi connectivity index (χ2v) is 14.9. The number of phenols is 6. The Morgan fingerprint density at radius 2 is 1.03 bits per heavy atom. The molecule has 0 fully saturated rings. The molecule has 0 atom stereocenters. The molecule has 0 amide bonds. The predicted octanol–water partition coefficient (Wildman–Crippen LogP) is 10.6. The van der Waals surface area contributed by atoms with E-state index in [0.717, 1.165) is 40.0 Å². The van der Waals surface area contributed by atoms with E-state index >= 15 is 0 Å². The summed E-state index contributed by atoms with van der Waals surface area (Å²) in [5.41, 5.74) is 46.5. The first-order chi connectivity index (χ1) is 33.2. The minimum Gasteiger partial charge on any atom is -0.508 e. The van der Waals surface area contributed by atoms with Crippen molar-refractivity contribution in [1.82, 2.24) is 11.1 Å². The average molecular weight is 969 g/mol. The lowest BCUT2D eigenvalue weighted by Gasteiger charge is -1.99. The second kappa shape index (κ2) is 31.4. The molecule has 1 heterocycles. The third-order valence-corrected chi connectivity index (χ3v) is 9.26. The number of nitrogens with two attached hydrogens (primary N) is 7. The van der Waals surface area contributed by atoms with E-state index in [4.69, 9.17) is 70.8 Å². The fourth-order valence-corrected chi connectivity index (χ4v) is 5.09. The number of anilines is 8. The molecule has 0 aliphatic rings. The Morgan fingerprint density at radius 1 is 0.479 bits per heavy atom. The van der Waals surface area contributed by atoms with Crippen molar-refractivity contribution in [1.29, 1.82) is 0 Å². The van der Waals surface area contributed by atoms with Crippen LogP contribution >= 0.6 is 0 Å². The molecule has 24 N–H and O–H groups in total. The highest BCUT2D eigenvalue weighted by Gasteiger charge is 2.00. The number of nitrogens with one attached hydrogen (secondary N) is 1. The number of aromatic hydroxyl groups is 6. The maximum absolute atomic E-state index is 9.11. The van der Waals surface area contributed by atoms with Crippen molar-refractivity contribution in [2.24, 2.45) is 10.2 Å². The van der Waals surface area contributed by atoms with Crippen LogP contribution in [0.4, 0.5) is 57.1 Å². The number of benzene rings is 7. The first-order valence-corrected chi connectivity index (χ1v) is 21.4. The molecule has 0 bridgehead atoms. The van der Waals surface area contributed by atoms with Crippen LogP contribution in [0.15, 0.2) is 174 Å². The zero-order valence-electron chi connectivity index (χ0n) is 40.6. The van der Waals surface area contributed by atoms with Crippen molar-refractivity contribution in [2.75, 3.05) is 52.5 Å². The lowest BCUT2D eigenvalue weighted by Crippen LogP contribution is -1.95. The molecule has 0 radical (unpaired) electrons. The molecule has 1 aromatic heterocycles. The molecule has 0 saturated heterocycles. The molecule has 7 aromatic carbocycles. The smallest absolute Gasteiger partial charge is 0.153 e. The molecular formula is C53H68N12O6. The van der Waals surface area contributed by atoms with Gasteiger partial charge in [-0.1, -0.05) is 61.5 Å². The molecule has 0 aliphatic heterocycles. The summed E-state index contributed by atoms with van der Waals surface area (Å²) < 4.78 is 0. The van der Waals surface area contributed by atoms with Gasteiger partial charge in [-0.15, -0.1) is 5.11 Å². The molecule has 71 heavy (non-hydrogen) atoms. The van der Waals surface area contributed by atoms with E-state index in [-0.39, 0.29) is 40.7 Å². The molecule has 0 spiro atoms. The highest BCUT2D eigenvalue weighted by molar-refractivity contribution is 5.60. The number of hydrogen-bond donors (Lipinski definition) is 15. The summed E-state index contributed by atoms with van der Waals surface area (Å²) in [4.78, 5) is 3.89. The minimum atomic E-state index is 0. The lowest BCUT2D eigenvalue weighted by atomic mass is 10.1. The largest absolute Gasteiger partial charge is 0.508 e. The number of nitrogens with zero attached hydrogens (tertiary/aromatic N) is 3. The number of hydrogen-bond acceptors (Lipinski definition) is 18. The van der Waals surface area contributed by atoms with Gasteiger partial charge in [0.05, 0.1) is 28.4 Å². The highest BCUT2D eigenvalue weighted by Crippen LogP contribution is 2.25. The summed E-state index contributed by atoms with van der Waals surface area (Å²) in [5, 5.41) is 64.6. The van der Waals surface area contributed by atoms with Gasteiger partial charge in [0.25, 0.3) is 0 Å². The fourth-order valence-electron chi connectivity index (χ4n) is 5.09. The van der Waals surface area contributed by atoms with Gasteiger partial charge in [0, 0.05) is 18.4 Å². The maximum atomic E-state index is 9.11. The number of rotatable bonds is 4. The van der Waals surface area contributed by atoms with Crippen LogP contribution in [-0.4, -0.2) is 42.7 Å². The Labute approximate surface area is 415 Å².